The van der Waals surface area contributed by atoms with Crippen LogP contribution in [0.4, 0.5) is 0 Å². The number of nitrogens with one attached hydrogen (secondary N) is 1. The van der Waals surface area contributed by atoms with E-state index in [0.717, 1.165) is 45.0 Å². The van der Waals surface area contributed by atoms with Gasteiger partial charge in [0.1, 0.15) is 0 Å². The molecule has 0 radical (unpaired) electrons. The van der Waals surface area contributed by atoms with Crippen LogP contribution in [-0.4, -0.2) is 70.3 Å². The lowest BCUT2D eigenvalue weighted by molar-refractivity contribution is 0.0220. The number of fused-ring (bicyclic) bond motifs is 4. The van der Waals surface area contributed by atoms with Crippen LogP contribution in [0, 0.1) is 5.92 Å². The highest BCUT2D eigenvalue weighted by Crippen LogP contribution is 2.43. The summed E-state index contributed by atoms with van der Waals surface area (Å²) in [4.78, 5) is 2.55. The van der Waals surface area contributed by atoms with E-state index in [1.807, 2.05) is 0 Å². The predicted molar refractivity (Wildman–Crippen MR) is 114 cm³/mol. The van der Waals surface area contributed by atoms with Crippen LogP contribution in [0.25, 0.3) is 0 Å². The molecule has 0 unspecified atom stereocenters. The SMILES string of the molecule is CS(=O)(=O)NCCCS(=O)(=O)N1CCC[C@H]2CN3CCc4ccccc4[C@@H]3C[C@H]21. The average molecular weight is 442 g/mol. The fourth-order valence-corrected chi connectivity index (χ4v) is 7.67. The number of rotatable bonds is 6. The first-order valence-corrected chi connectivity index (χ1v) is 14.0. The number of hydrogen-bond donors (Lipinski definition) is 1. The molecule has 3 atom stereocenters. The molecular weight excluding hydrogens is 410 g/mol. The molecule has 2 saturated heterocycles. The molecule has 2 fully saturated rings. The molecule has 3 aliphatic rings. The Kier molecular flexibility index (Phi) is 6.05. The van der Waals surface area contributed by atoms with Crippen molar-refractivity contribution in [2.75, 3.05) is 38.2 Å². The van der Waals surface area contributed by atoms with E-state index in [1.54, 1.807) is 4.31 Å². The van der Waals surface area contributed by atoms with Crippen LogP contribution in [-0.2, 0) is 26.5 Å². The molecule has 0 saturated carbocycles. The Morgan fingerprint density at radius 2 is 1.93 bits per heavy atom. The van der Waals surface area contributed by atoms with Crippen LogP contribution >= 0.6 is 0 Å². The third kappa shape index (κ3) is 4.69. The van der Waals surface area contributed by atoms with E-state index >= 15 is 0 Å². The van der Waals surface area contributed by atoms with Crippen LogP contribution in [0.3, 0.4) is 0 Å². The van der Waals surface area contributed by atoms with E-state index in [0.29, 0.717) is 24.9 Å². The Labute approximate surface area is 174 Å². The van der Waals surface area contributed by atoms with Gasteiger partial charge in [-0.1, -0.05) is 24.3 Å². The van der Waals surface area contributed by atoms with Crippen molar-refractivity contribution >= 4 is 20.0 Å². The molecule has 7 nitrogen and oxygen atoms in total. The van der Waals surface area contributed by atoms with Gasteiger partial charge in [0.2, 0.25) is 20.0 Å². The van der Waals surface area contributed by atoms with Crippen molar-refractivity contribution in [3.63, 3.8) is 0 Å². The van der Waals surface area contributed by atoms with Gasteiger partial charge in [0.05, 0.1) is 12.0 Å². The zero-order chi connectivity index (χ0) is 20.6. The lowest BCUT2D eigenvalue weighted by Crippen LogP contribution is -2.57. The third-order valence-electron chi connectivity index (χ3n) is 6.63. The summed E-state index contributed by atoms with van der Waals surface area (Å²) in [6.45, 7) is 2.75. The zero-order valence-electron chi connectivity index (χ0n) is 17.0. The summed E-state index contributed by atoms with van der Waals surface area (Å²) in [5, 5.41) is 0. The molecule has 3 heterocycles. The monoisotopic (exact) mass is 441 g/mol. The molecule has 0 amide bonds. The van der Waals surface area contributed by atoms with Crippen molar-refractivity contribution in [2.24, 2.45) is 5.92 Å². The third-order valence-corrected chi connectivity index (χ3v) is 9.33. The lowest BCUT2D eigenvalue weighted by atomic mass is 9.77. The number of hydrogen-bond acceptors (Lipinski definition) is 5. The average Bonchev–Trinajstić information content (AvgIpc) is 2.68. The van der Waals surface area contributed by atoms with Gasteiger partial charge in [-0.2, -0.15) is 4.31 Å². The van der Waals surface area contributed by atoms with Crippen LogP contribution in [0.5, 0.6) is 0 Å². The maximum atomic E-state index is 13.1. The minimum Gasteiger partial charge on any atom is -0.296 e. The number of sulfonamides is 2. The molecule has 29 heavy (non-hydrogen) atoms. The van der Waals surface area contributed by atoms with Gasteiger partial charge in [0.25, 0.3) is 0 Å². The molecular formula is C20H31N3O4S2. The van der Waals surface area contributed by atoms with Crippen molar-refractivity contribution in [3.8, 4) is 0 Å². The van der Waals surface area contributed by atoms with Crippen molar-refractivity contribution in [3.05, 3.63) is 35.4 Å². The number of piperidine rings is 2. The number of benzene rings is 1. The molecule has 0 spiro atoms. The van der Waals surface area contributed by atoms with E-state index in [-0.39, 0.29) is 18.3 Å². The summed E-state index contributed by atoms with van der Waals surface area (Å²) in [6.07, 6.45) is 5.28. The van der Waals surface area contributed by atoms with Crippen molar-refractivity contribution < 1.29 is 16.8 Å². The first-order valence-electron chi connectivity index (χ1n) is 10.5. The van der Waals surface area contributed by atoms with E-state index in [4.69, 9.17) is 0 Å². The van der Waals surface area contributed by atoms with Gasteiger partial charge in [-0.15, -0.1) is 0 Å². The summed E-state index contributed by atoms with van der Waals surface area (Å²) in [5.74, 6) is 0.373. The zero-order valence-corrected chi connectivity index (χ0v) is 18.6. The largest absolute Gasteiger partial charge is 0.296 e. The second kappa shape index (κ2) is 8.26. The summed E-state index contributed by atoms with van der Waals surface area (Å²) < 4.78 is 52.8. The molecule has 1 aromatic rings. The standard InChI is InChI=1S/C20H31N3O4S2/c1-28(24,25)21-10-5-13-29(26,27)23-11-4-7-17-15-22-12-9-16-6-2-3-8-18(16)20(22)14-19(17)23/h2-3,6,8,17,19-21H,4-5,7,9-15H2,1H3/t17-,19+,20-/m0/s1. The van der Waals surface area contributed by atoms with E-state index in [1.165, 1.54) is 11.1 Å². The van der Waals surface area contributed by atoms with Gasteiger partial charge in [0, 0.05) is 38.3 Å². The van der Waals surface area contributed by atoms with E-state index < -0.39 is 20.0 Å². The Balaban J connectivity index is 1.48. The Morgan fingerprint density at radius 3 is 2.72 bits per heavy atom. The molecule has 1 aromatic carbocycles. The molecule has 4 rings (SSSR count). The molecule has 0 bridgehead atoms. The van der Waals surface area contributed by atoms with Crippen molar-refractivity contribution in [2.45, 2.75) is 44.2 Å². The summed E-state index contributed by atoms with van der Waals surface area (Å²) in [6, 6.07) is 8.90. The van der Waals surface area contributed by atoms with E-state index in [2.05, 4.69) is 33.9 Å². The second-order valence-corrected chi connectivity index (χ2v) is 12.5. The first kappa shape index (κ1) is 21.2. The fourth-order valence-electron chi connectivity index (χ4n) is 5.33. The maximum Gasteiger partial charge on any atom is 0.214 e. The molecule has 0 aromatic heterocycles. The molecule has 9 heteroatoms. The molecule has 0 aliphatic carbocycles. The topological polar surface area (TPSA) is 86.8 Å². The Bertz CT molecular complexity index is 948. The molecule has 3 aliphatic heterocycles. The van der Waals surface area contributed by atoms with Crippen molar-refractivity contribution in [1.82, 2.24) is 13.9 Å². The van der Waals surface area contributed by atoms with Crippen LogP contribution in [0.1, 0.15) is 42.9 Å². The lowest BCUT2D eigenvalue weighted by Gasteiger charge is -2.51. The molecule has 1 N–H and O–H groups in total. The van der Waals surface area contributed by atoms with Gasteiger partial charge in [0.15, 0.2) is 0 Å². The van der Waals surface area contributed by atoms with Gasteiger partial charge >= 0.3 is 0 Å². The highest BCUT2D eigenvalue weighted by molar-refractivity contribution is 7.89. The predicted octanol–water partition coefficient (Wildman–Crippen LogP) is 1.34. The van der Waals surface area contributed by atoms with Crippen LogP contribution in [0.15, 0.2) is 24.3 Å². The highest BCUT2D eigenvalue weighted by atomic mass is 32.2. The van der Waals surface area contributed by atoms with Crippen LogP contribution in [0.2, 0.25) is 0 Å². The second-order valence-electron chi connectivity index (χ2n) is 8.61. The fraction of sp³-hybridized carbons (Fsp3) is 0.700. The number of nitrogens with zero attached hydrogens (tertiary/aromatic N) is 2. The van der Waals surface area contributed by atoms with Gasteiger partial charge in [-0.3, -0.25) is 4.90 Å². The highest BCUT2D eigenvalue weighted by Gasteiger charge is 2.45. The Morgan fingerprint density at radius 1 is 1.14 bits per heavy atom. The van der Waals surface area contributed by atoms with Crippen LogP contribution < -0.4 is 4.72 Å². The van der Waals surface area contributed by atoms with Gasteiger partial charge in [-0.05, 0) is 49.1 Å². The normalized spacial score (nSPS) is 28.4. The first-order chi connectivity index (χ1) is 13.7. The van der Waals surface area contributed by atoms with Gasteiger partial charge in [-0.25, -0.2) is 21.6 Å². The van der Waals surface area contributed by atoms with Crippen molar-refractivity contribution in [1.29, 1.82) is 0 Å². The van der Waals surface area contributed by atoms with Gasteiger partial charge < -0.3 is 0 Å². The summed E-state index contributed by atoms with van der Waals surface area (Å²) in [5.41, 5.74) is 2.75. The smallest absolute Gasteiger partial charge is 0.214 e. The van der Waals surface area contributed by atoms with E-state index in [9.17, 15) is 16.8 Å². The Hall–Kier alpha value is -1.00. The summed E-state index contributed by atoms with van der Waals surface area (Å²) >= 11 is 0. The quantitative estimate of drug-likeness (QED) is 0.673. The minimum atomic E-state index is -3.41. The summed E-state index contributed by atoms with van der Waals surface area (Å²) in [7, 11) is -6.70. The minimum absolute atomic E-state index is 0.0102. The molecule has 162 valence electrons. The maximum absolute atomic E-state index is 13.1.